The third-order valence-electron chi connectivity index (χ3n) is 13.5. The third-order valence-corrected chi connectivity index (χ3v) is 13.5. The van der Waals surface area contributed by atoms with E-state index in [1.807, 2.05) is 12.1 Å². The van der Waals surface area contributed by atoms with Crippen LogP contribution >= 0.6 is 0 Å². The summed E-state index contributed by atoms with van der Waals surface area (Å²) in [5, 5.41) is 2.20. The first-order chi connectivity index (χ1) is 31.7. The Morgan fingerprint density at radius 3 is 1.28 bits per heavy atom. The lowest BCUT2D eigenvalue weighted by Crippen LogP contribution is -2.26. The largest absolute Gasteiger partial charge is 0.456 e. The second-order valence-corrected chi connectivity index (χ2v) is 16.8. The van der Waals surface area contributed by atoms with Crippen molar-refractivity contribution in [1.29, 1.82) is 0 Å². The van der Waals surface area contributed by atoms with Gasteiger partial charge in [-0.05, 0) is 141 Å². The SMILES string of the molecule is c1ccc(-c2ccc(N(c3ccc4c(c3)C3(c5ccccc5-c5ccc(N(c6ccccc6)c6ccccc6)cc53)c3ccccc3-4)c3ccc4oc5ccccc5c4c3)cc2)cc1. The lowest BCUT2D eigenvalue weighted by Gasteiger charge is -2.33. The standard InChI is InChI=1S/C61H40N2O/c1-4-16-41(17-5-1)42-28-30-45(31-29-42)63(46-34-37-60-54(38-46)53-24-12-15-27-59(53)64-60)48-33-36-52-50-23-11-14-26-56(50)61(58(52)40-48)55-25-13-10-22-49(55)51-35-32-47(39-57(51)61)62(43-18-6-2-7-19-43)44-20-8-3-9-21-44/h1-40H. The van der Waals surface area contributed by atoms with Gasteiger partial charge in [0, 0.05) is 44.9 Å². The summed E-state index contributed by atoms with van der Waals surface area (Å²) < 4.78 is 6.35. The van der Waals surface area contributed by atoms with Crippen LogP contribution in [0.5, 0.6) is 0 Å². The van der Waals surface area contributed by atoms with Gasteiger partial charge in [0.05, 0.1) is 5.41 Å². The fourth-order valence-electron chi connectivity index (χ4n) is 10.7. The number of furan rings is 1. The number of anilines is 6. The van der Waals surface area contributed by atoms with Crippen LogP contribution in [-0.2, 0) is 5.41 Å². The van der Waals surface area contributed by atoms with Crippen molar-refractivity contribution in [2.45, 2.75) is 5.41 Å². The van der Waals surface area contributed by atoms with Crippen LogP contribution in [0.2, 0.25) is 0 Å². The van der Waals surface area contributed by atoms with Crippen molar-refractivity contribution in [2.24, 2.45) is 0 Å². The van der Waals surface area contributed by atoms with Gasteiger partial charge in [0.2, 0.25) is 0 Å². The zero-order chi connectivity index (χ0) is 42.2. The Bertz CT molecular complexity index is 3510. The maximum Gasteiger partial charge on any atom is 0.135 e. The second kappa shape index (κ2) is 14.3. The van der Waals surface area contributed by atoms with Gasteiger partial charge in [-0.15, -0.1) is 0 Å². The van der Waals surface area contributed by atoms with Crippen LogP contribution in [0.25, 0.3) is 55.3 Å². The van der Waals surface area contributed by atoms with Crippen molar-refractivity contribution >= 4 is 56.1 Å². The van der Waals surface area contributed by atoms with Gasteiger partial charge in [0.25, 0.3) is 0 Å². The van der Waals surface area contributed by atoms with Gasteiger partial charge in [-0.1, -0.05) is 158 Å². The molecule has 0 saturated carbocycles. The topological polar surface area (TPSA) is 19.6 Å². The summed E-state index contributed by atoms with van der Waals surface area (Å²) in [7, 11) is 0. The summed E-state index contributed by atoms with van der Waals surface area (Å²) in [4.78, 5) is 4.80. The number of fused-ring (bicyclic) bond motifs is 13. The molecule has 1 heterocycles. The van der Waals surface area contributed by atoms with E-state index in [0.29, 0.717) is 0 Å². The number of benzene rings is 10. The molecule has 1 unspecified atom stereocenters. The lowest BCUT2D eigenvalue weighted by atomic mass is 9.70. The van der Waals surface area contributed by atoms with Gasteiger partial charge in [-0.25, -0.2) is 0 Å². The molecule has 0 aliphatic heterocycles. The number of nitrogens with zero attached hydrogens (tertiary/aromatic N) is 2. The van der Waals surface area contributed by atoms with Crippen molar-refractivity contribution in [3.8, 4) is 33.4 Å². The summed E-state index contributed by atoms with van der Waals surface area (Å²) in [6, 6.07) is 88.4. The van der Waals surface area contributed by atoms with Gasteiger partial charge < -0.3 is 14.2 Å². The predicted molar refractivity (Wildman–Crippen MR) is 265 cm³/mol. The molecule has 0 fully saturated rings. The molecule has 0 N–H and O–H groups in total. The minimum atomic E-state index is -0.573. The predicted octanol–water partition coefficient (Wildman–Crippen LogP) is 16.5. The molecule has 13 rings (SSSR count). The summed E-state index contributed by atoms with van der Waals surface area (Å²) in [6.45, 7) is 0. The molecule has 0 saturated heterocycles. The van der Waals surface area contributed by atoms with E-state index < -0.39 is 5.41 Å². The summed E-state index contributed by atoms with van der Waals surface area (Å²) in [5.74, 6) is 0. The zero-order valence-electron chi connectivity index (χ0n) is 34.9. The Hall–Kier alpha value is -8.40. The van der Waals surface area contributed by atoms with E-state index in [4.69, 9.17) is 4.42 Å². The van der Waals surface area contributed by atoms with E-state index in [0.717, 1.165) is 56.1 Å². The Balaban J connectivity index is 1.05. The van der Waals surface area contributed by atoms with Crippen LogP contribution in [0.1, 0.15) is 22.3 Å². The molecule has 0 radical (unpaired) electrons. The average Bonchev–Trinajstić information content (AvgIpc) is 3.99. The van der Waals surface area contributed by atoms with Crippen molar-refractivity contribution in [3.63, 3.8) is 0 Å². The minimum absolute atomic E-state index is 0.573. The molecular formula is C61H40N2O. The highest BCUT2D eigenvalue weighted by Crippen LogP contribution is 2.64. The molecule has 10 aromatic carbocycles. The van der Waals surface area contributed by atoms with Crippen LogP contribution in [0.3, 0.4) is 0 Å². The Kier molecular flexibility index (Phi) is 8.13. The lowest BCUT2D eigenvalue weighted by molar-refractivity contribution is 0.669. The van der Waals surface area contributed by atoms with E-state index in [1.165, 1.54) is 55.6 Å². The first-order valence-electron chi connectivity index (χ1n) is 22.0. The maximum atomic E-state index is 6.35. The quantitative estimate of drug-likeness (QED) is 0.160. The fraction of sp³-hybridized carbons (Fsp3) is 0.0164. The molecule has 1 spiro atoms. The molecule has 3 heteroatoms. The summed E-state index contributed by atoms with van der Waals surface area (Å²) in [6.07, 6.45) is 0. The average molecular weight is 817 g/mol. The van der Waals surface area contributed by atoms with Crippen LogP contribution < -0.4 is 9.80 Å². The smallest absolute Gasteiger partial charge is 0.135 e. The molecule has 64 heavy (non-hydrogen) atoms. The van der Waals surface area contributed by atoms with Crippen molar-refractivity contribution < 1.29 is 4.42 Å². The number of hydrogen-bond acceptors (Lipinski definition) is 3. The monoisotopic (exact) mass is 816 g/mol. The highest BCUT2D eigenvalue weighted by molar-refractivity contribution is 6.07. The number of hydrogen-bond donors (Lipinski definition) is 0. The summed E-state index contributed by atoms with van der Waals surface area (Å²) >= 11 is 0. The van der Waals surface area contributed by atoms with Crippen LogP contribution in [0.4, 0.5) is 34.1 Å². The van der Waals surface area contributed by atoms with E-state index in [2.05, 4.69) is 240 Å². The first kappa shape index (κ1) is 36.3. The highest BCUT2D eigenvalue weighted by Gasteiger charge is 2.52. The molecule has 300 valence electrons. The minimum Gasteiger partial charge on any atom is -0.456 e. The molecule has 3 nitrogen and oxygen atoms in total. The van der Waals surface area contributed by atoms with Gasteiger partial charge in [0.1, 0.15) is 11.2 Å². The molecular weight excluding hydrogens is 777 g/mol. The Morgan fingerprint density at radius 1 is 0.266 bits per heavy atom. The molecule has 11 aromatic rings. The highest BCUT2D eigenvalue weighted by atomic mass is 16.3. The zero-order valence-corrected chi connectivity index (χ0v) is 34.9. The first-order valence-corrected chi connectivity index (χ1v) is 22.0. The van der Waals surface area contributed by atoms with E-state index >= 15 is 0 Å². The fourth-order valence-corrected chi connectivity index (χ4v) is 10.7. The van der Waals surface area contributed by atoms with Crippen molar-refractivity contribution in [1.82, 2.24) is 0 Å². The third kappa shape index (κ3) is 5.41. The van der Waals surface area contributed by atoms with Crippen LogP contribution in [0.15, 0.2) is 247 Å². The molecule has 2 aliphatic carbocycles. The molecule has 2 aliphatic rings. The number of rotatable bonds is 7. The molecule has 0 amide bonds. The Labute approximate surface area is 372 Å². The maximum absolute atomic E-state index is 6.35. The second-order valence-electron chi connectivity index (χ2n) is 16.8. The van der Waals surface area contributed by atoms with E-state index in [9.17, 15) is 0 Å². The normalized spacial score (nSPS) is 14.3. The van der Waals surface area contributed by atoms with Gasteiger partial charge in [-0.2, -0.15) is 0 Å². The van der Waals surface area contributed by atoms with Crippen LogP contribution in [0, 0.1) is 0 Å². The Morgan fingerprint density at radius 2 is 0.672 bits per heavy atom. The number of para-hydroxylation sites is 3. The molecule has 1 atom stereocenters. The molecule has 0 bridgehead atoms. The van der Waals surface area contributed by atoms with E-state index in [1.54, 1.807) is 0 Å². The molecule has 1 aromatic heterocycles. The van der Waals surface area contributed by atoms with Crippen molar-refractivity contribution in [3.05, 3.63) is 265 Å². The van der Waals surface area contributed by atoms with Gasteiger partial charge in [-0.3, -0.25) is 0 Å². The van der Waals surface area contributed by atoms with Crippen LogP contribution in [-0.4, -0.2) is 0 Å². The van der Waals surface area contributed by atoms with Gasteiger partial charge in [0.15, 0.2) is 0 Å². The van der Waals surface area contributed by atoms with E-state index in [-0.39, 0.29) is 0 Å². The summed E-state index contributed by atoms with van der Waals surface area (Å²) in [5.41, 5.74) is 20.4. The van der Waals surface area contributed by atoms with Crippen molar-refractivity contribution in [2.75, 3.05) is 9.80 Å². The van der Waals surface area contributed by atoms with Gasteiger partial charge >= 0.3 is 0 Å².